The highest BCUT2D eigenvalue weighted by molar-refractivity contribution is 5.52. The van der Waals surface area contributed by atoms with E-state index in [0.29, 0.717) is 18.1 Å². The van der Waals surface area contributed by atoms with Crippen molar-refractivity contribution in [3.8, 4) is 11.5 Å². The first-order chi connectivity index (χ1) is 9.28. The van der Waals surface area contributed by atoms with E-state index >= 15 is 0 Å². The molecular formula is C14H13FN2O2. The Morgan fingerprint density at radius 1 is 1.42 bits per heavy atom. The fourth-order valence-electron chi connectivity index (χ4n) is 2.07. The van der Waals surface area contributed by atoms with Crippen LogP contribution in [0.4, 0.5) is 10.2 Å². The van der Waals surface area contributed by atoms with Gasteiger partial charge in [0.15, 0.2) is 23.1 Å². The molecule has 1 aromatic heterocycles. The van der Waals surface area contributed by atoms with Crippen molar-refractivity contribution in [2.75, 3.05) is 19.0 Å². The standard InChI is InChI=1S/C14H13FN2O2/c1-18-11-5-4-9(7-10(11)15)13-8-17-14-12(19-13)3-2-6-16-14/h2-7,13H,8H2,1H3,(H,16,17). The fourth-order valence-corrected chi connectivity index (χ4v) is 2.07. The molecule has 0 amide bonds. The molecular weight excluding hydrogens is 247 g/mol. The molecule has 0 fully saturated rings. The molecule has 0 aliphatic carbocycles. The van der Waals surface area contributed by atoms with E-state index in [9.17, 15) is 4.39 Å². The number of benzene rings is 1. The molecule has 1 aromatic carbocycles. The monoisotopic (exact) mass is 260 g/mol. The summed E-state index contributed by atoms with van der Waals surface area (Å²) >= 11 is 0. The van der Waals surface area contributed by atoms with Crippen molar-refractivity contribution in [1.29, 1.82) is 0 Å². The summed E-state index contributed by atoms with van der Waals surface area (Å²) in [6.07, 6.45) is 1.46. The minimum atomic E-state index is -0.388. The van der Waals surface area contributed by atoms with Crippen molar-refractivity contribution in [3.63, 3.8) is 0 Å². The number of rotatable bonds is 2. The van der Waals surface area contributed by atoms with E-state index in [2.05, 4.69) is 10.3 Å². The number of hydrogen-bond acceptors (Lipinski definition) is 4. The third-order valence-electron chi connectivity index (χ3n) is 3.04. The van der Waals surface area contributed by atoms with E-state index in [4.69, 9.17) is 9.47 Å². The van der Waals surface area contributed by atoms with Gasteiger partial charge in [-0.3, -0.25) is 0 Å². The Morgan fingerprint density at radius 3 is 3.11 bits per heavy atom. The highest BCUT2D eigenvalue weighted by Gasteiger charge is 2.22. The molecule has 4 nitrogen and oxygen atoms in total. The topological polar surface area (TPSA) is 43.4 Å². The van der Waals surface area contributed by atoms with Crippen LogP contribution in [-0.2, 0) is 0 Å². The van der Waals surface area contributed by atoms with Gasteiger partial charge in [-0.15, -0.1) is 0 Å². The molecule has 1 aliphatic rings. The van der Waals surface area contributed by atoms with Gasteiger partial charge in [0, 0.05) is 6.20 Å². The van der Waals surface area contributed by atoms with Crippen LogP contribution in [0.25, 0.3) is 0 Å². The maximum absolute atomic E-state index is 13.7. The average molecular weight is 260 g/mol. The Hall–Kier alpha value is -2.30. The van der Waals surface area contributed by atoms with Gasteiger partial charge >= 0.3 is 0 Å². The van der Waals surface area contributed by atoms with Crippen LogP contribution >= 0.6 is 0 Å². The molecule has 1 aliphatic heterocycles. The van der Waals surface area contributed by atoms with E-state index in [1.807, 2.05) is 6.07 Å². The molecule has 2 heterocycles. The minimum absolute atomic E-state index is 0.231. The highest BCUT2D eigenvalue weighted by Crippen LogP contribution is 2.33. The first-order valence-electron chi connectivity index (χ1n) is 5.97. The zero-order chi connectivity index (χ0) is 13.2. The number of halogens is 1. The average Bonchev–Trinajstić information content (AvgIpc) is 2.46. The lowest BCUT2D eigenvalue weighted by Crippen LogP contribution is -2.24. The largest absolute Gasteiger partial charge is 0.494 e. The van der Waals surface area contributed by atoms with Gasteiger partial charge in [-0.05, 0) is 29.8 Å². The van der Waals surface area contributed by atoms with Crippen molar-refractivity contribution in [2.24, 2.45) is 0 Å². The zero-order valence-electron chi connectivity index (χ0n) is 10.4. The summed E-state index contributed by atoms with van der Waals surface area (Å²) < 4.78 is 24.4. The van der Waals surface area contributed by atoms with Gasteiger partial charge < -0.3 is 14.8 Å². The van der Waals surface area contributed by atoms with Gasteiger partial charge in [0.1, 0.15) is 6.10 Å². The van der Waals surface area contributed by atoms with Gasteiger partial charge in [0.25, 0.3) is 0 Å². The van der Waals surface area contributed by atoms with Crippen LogP contribution in [0, 0.1) is 5.82 Å². The predicted octanol–water partition coefficient (Wildman–Crippen LogP) is 2.77. The van der Waals surface area contributed by atoms with Gasteiger partial charge in [-0.25, -0.2) is 9.37 Å². The summed E-state index contributed by atoms with van der Waals surface area (Å²) in [5, 5.41) is 3.17. The maximum atomic E-state index is 13.7. The summed E-state index contributed by atoms with van der Waals surface area (Å²) in [6.45, 7) is 0.551. The Kier molecular flexibility index (Phi) is 2.95. The van der Waals surface area contributed by atoms with Gasteiger partial charge in [-0.1, -0.05) is 6.07 Å². The lowest BCUT2D eigenvalue weighted by Gasteiger charge is -2.26. The number of nitrogens with one attached hydrogen (secondary N) is 1. The molecule has 19 heavy (non-hydrogen) atoms. The molecule has 2 aromatic rings. The molecule has 0 spiro atoms. The summed E-state index contributed by atoms with van der Waals surface area (Å²) in [5.41, 5.74) is 0.764. The van der Waals surface area contributed by atoms with E-state index in [1.165, 1.54) is 13.2 Å². The molecule has 5 heteroatoms. The van der Waals surface area contributed by atoms with Crippen molar-refractivity contribution in [2.45, 2.75) is 6.10 Å². The van der Waals surface area contributed by atoms with Gasteiger partial charge in [-0.2, -0.15) is 0 Å². The minimum Gasteiger partial charge on any atom is -0.494 e. The second-order valence-electron chi connectivity index (χ2n) is 4.23. The van der Waals surface area contributed by atoms with Crippen LogP contribution in [0.2, 0.25) is 0 Å². The first-order valence-corrected chi connectivity index (χ1v) is 5.97. The lowest BCUT2D eigenvalue weighted by molar-refractivity contribution is 0.208. The molecule has 3 rings (SSSR count). The third kappa shape index (κ3) is 2.19. The van der Waals surface area contributed by atoms with Crippen LogP contribution in [0.1, 0.15) is 11.7 Å². The van der Waals surface area contributed by atoms with E-state index in [0.717, 1.165) is 5.56 Å². The van der Waals surface area contributed by atoms with Crippen LogP contribution < -0.4 is 14.8 Å². The first kappa shape index (κ1) is 11.8. The lowest BCUT2D eigenvalue weighted by atomic mass is 10.1. The Balaban J connectivity index is 1.87. The predicted molar refractivity (Wildman–Crippen MR) is 69.0 cm³/mol. The highest BCUT2D eigenvalue weighted by atomic mass is 19.1. The summed E-state index contributed by atoms with van der Waals surface area (Å²) in [4.78, 5) is 4.16. The number of methoxy groups -OCH3 is 1. The van der Waals surface area contributed by atoms with Crippen molar-refractivity contribution in [3.05, 3.63) is 47.9 Å². The van der Waals surface area contributed by atoms with E-state index in [-0.39, 0.29) is 17.7 Å². The number of pyridine rings is 1. The second kappa shape index (κ2) is 4.76. The molecule has 0 saturated carbocycles. The third-order valence-corrected chi connectivity index (χ3v) is 3.04. The second-order valence-corrected chi connectivity index (χ2v) is 4.23. The zero-order valence-corrected chi connectivity index (χ0v) is 10.4. The smallest absolute Gasteiger partial charge is 0.168 e. The number of fused-ring (bicyclic) bond motifs is 1. The number of nitrogens with zero attached hydrogens (tertiary/aromatic N) is 1. The van der Waals surface area contributed by atoms with Crippen LogP contribution in [-0.4, -0.2) is 18.6 Å². The number of anilines is 1. The summed E-state index contributed by atoms with van der Waals surface area (Å²) in [5.74, 6) is 1.23. The Labute approximate surface area is 110 Å². The van der Waals surface area contributed by atoms with Crippen LogP contribution in [0.5, 0.6) is 11.5 Å². The molecule has 1 N–H and O–H groups in total. The van der Waals surface area contributed by atoms with Gasteiger partial charge in [0.2, 0.25) is 0 Å². The molecule has 98 valence electrons. The molecule has 0 radical (unpaired) electrons. The van der Waals surface area contributed by atoms with Crippen LogP contribution in [0.15, 0.2) is 36.5 Å². The van der Waals surface area contributed by atoms with Crippen LogP contribution in [0.3, 0.4) is 0 Å². The molecule has 1 atom stereocenters. The van der Waals surface area contributed by atoms with E-state index < -0.39 is 0 Å². The quantitative estimate of drug-likeness (QED) is 0.901. The Bertz CT molecular complexity index is 604. The van der Waals surface area contributed by atoms with Crippen molar-refractivity contribution >= 4 is 5.82 Å². The fraction of sp³-hybridized carbons (Fsp3) is 0.214. The SMILES string of the molecule is COc1ccc(C2CNc3ncccc3O2)cc1F. The molecule has 0 bridgehead atoms. The van der Waals surface area contributed by atoms with Crippen molar-refractivity contribution in [1.82, 2.24) is 4.98 Å². The molecule has 0 saturated heterocycles. The van der Waals surface area contributed by atoms with Crippen molar-refractivity contribution < 1.29 is 13.9 Å². The normalized spacial score (nSPS) is 17.1. The number of hydrogen-bond donors (Lipinski definition) is 1. The number of aromatic nitrogens is 1. The summed E-state index contributed by atoms with van der Waals surface area (Å²) in [6, 6.07) is 8.48. The molecule has 1 unspecified atom stereocenters. The summed E-state index contributed by atoms with van der Waals surface area (Å²) in [7, 11) is 1.44. The number of ether oxygens (including phenoxy) is 2. The maximum Gasteiger partial charge on any atom is 0.168 e. The van der Waals surface area contributed by atoms with E-state index in [1.54, 1.807) is 24.4 Å². The van der Waals surface area contributed by atoms with Gasteiger partial charge in [0.05, 0.1) is 13.7 Å². The Morgan fingerprint density at radius 2 is 2.32 bits per heavy atom.